The summed E-state index contributed by atoms with van der Waals surface area (Å²) in [7, 11) is 0. The molecule has 1 aromatic carbocycles. The molecule has 0 bridgehead atoms. The zero-order valence-electron chi connectivity index (χ0n) is 13.3. The van der Waals surface area contributed by atoms with Crippen molar-refractivity contribution in [2.75, 3.05) is 13.1 Å². The van der Waals surface area contributed by atoms with Gasteiger partial charge in [0, 0.05) is 18.1 Å². The van der Waals surface area contributed by atoms with Crippen molar-refractivity contribution in [3.63, 3.8) is 0 Å². The minimum Gasteiger partial charge on any atom is -0.388 e. The molecule has 5 nitrogen and oxygen atoms in total. The lowest BCUT2D eigenvalue weighted by Crippen LogP contribution is -2.48. The van der Waals surface area contributed by atoms with Crippen LogP contribution in [0.4, 0.5) is 0 Å². The van der Waals surface area contributed by atoms with Gasteiger partial charge in [-0.2, -0.15) is 0 Å². The number of aliphatic hydroxyl groups excluding tert-OH is 1. The highest BCUT2D eigenvalue weighted by atomic mass is 35.5. The molecule has 1 heterocycles. The van der Waals surface area contributed by atoms with Gasteiger partial charge in [-0.25, -0.2) is 0 Å². The zero-order chi connectivity index (χ0) is 16.8. The first-order valence-corrected chi connectivity index (χ1v) is 8.37. The molecule has 0 spiro atoms. The number of halogens is 1. The Morgan fingerprint density at radius 3 is 2.43 bits per heavy atom. The Morgan fingerprint density at radius 2 is 1.83 bits per heavy atom. The highest BCUT2D eigenvalue weighted by Crippen LogP contribution is 2.19. The summed E-state index contributed by atoms with van der Waals surface area (Å²) >= 11 is 5.80. The second-order valence-corrected chi connectivity index (χ2v) is 6.38. The summed E-state index contributed by atoms with van der Waals surface area (Å²) in [4.78, 5) is 26.1. The SMILES string of the molecule is C[C@H](NC(=O)CC(O)c1ccc(Cl)cc1)C(=O)N1CCCCC1. The van der Waals surface area contributed by atoms with Gasteiger partial charge in [0.05, 0.1) is 12.5 Å². The number of carbonyl (C=O) groups excluding carboxylic acids is 2. The molecule has 1 fully saturated rings. The summed E-state index contributed by atoms with van der Waals surface area (Å²) in [6.07, 6.45) is 2.19. The van der Waals surface area contributed by atoms with Crippen LogP contribution in [0.1, 0.15) is 44.3 Å². The molecule has 1 aliphatic heterocycles. The van der Waals surface area contributed by atoms with E-state index >= 15 is 0 Å². The molecule has 23 heavy (non-hydrogen) atoms. The van der Waals surface area contributed by atoms with E-state index in [1.54, 1.807) is 36.1 Å². The van der Waals surface area contributed by atoms with E-state index in [9.17, 15) is 14.7 Å². The van der Waals surface area contributed by atoms with Crippen LogP contribution in [0, 0.1) is 0 Å². The minimum absolute atomic E-state index is 0.0565. The van der Waals surface area contributed by atoms with Gasteiger partial charge in [0.1, 0.15) is 6.04 Å². The smallest absolute Gasteiger partial charge is 0.244 e. The van der Waals surface area contributed by atoms with Crippen molar-refractivity contribution in [3.8, 4) is 0 Å². The van der Waals surface area contributed by atoms with E-state index in [0.29, 0.717) is 10.6 Å². The molecule has 1 saturated heterocycles. The lowest BCUT2D eigenvalue weighted by atomic mass is 10.1. The Morgan fingerprint density at radius 1 is 1.22 bits per heavy atom. The van der Waals surface area contributed by atoms with Gasteiger partial charge in [-0.3, -0.25) is 9.59 Å². The van der Waals surface area contributed by atoms with Crippen LogP contribution in [-0.2, 0) is 9.59 Å². The van der Waals surface area contributed by atoms with Gasteiger partial charge >= 0.3 is 0 Å². The zero-order valence-corrected chi connectivity index (χ0v) is 14.1. The van der Waals surface area contributed by atoms with Gasteiger partial charge in [-0.05, 0) is 43.9 Å². The van der Waals surface area contributed by atoms with E-state index in [-0.39, 0.29) is 18.2 Å². The molecule has 1 aliphatic rings. The van der Waals surface area contributed by atoms with Crippen LogP contribution in [-0.4, -0.2) is 41.0 Å². The molecule has 126 valence electrons. The van der Waals surface area contributed by atoms with Crippen LogP contribution in [0.5, 0.6) is 0 Å². The van der Waals surface area contributed by atoms with E-state index in [0.717, 1.165) is 32.4 Å². The summed E-state index contributed by atoms with van der Waals surface area (Å²) in [5.41, 5.74) is 0.625. The first kappa shape index (κ1) is 17.8. The van der Waals surface area contributed by atoms with Crippen LogP contribution in [0.15, 0.2) is 24.3 Å². The van der Waals surface area contributed by atoms with Crippen molar-refractivity contribution < 1.29 is 14.7 Å². The van der Waals surface area contributed by atoms with Crippen molar-refractivity contribution in [2.24, 2.45) is 0 Å². The number of piperidine rings is 1. The van der Waals surface area contributed by atoms with Crippen LogP contribution < -0.4 is 5.32 Å². The average Bonchev–Trinajstić information content (AvgIpc) is 2.55. The van der Waals surface area contributed by atoms with Gasteiger partial charge in [-0.1, -0.05) is 23.7 Å². The normalized spacial score (nSPS) is 17.4. The maximum absolute atomic E-state index is 12.3. The summed E-state index contributed by atoms with van der Waals surface area (Å²) in [5.74, 6) is -0.399. The number of benzene rings is 1. The maximum Gasteiger partial charge on any atom is 0.244 e. The summed E-state index contributed by atoms with van der Waals surface area (Å²) in [6.45, 7) is 3.20. The monoisotopic (exact) mass is 338 g/mol. The fourth-order valence-electron chi connectivity index (χ4n) is 2.73. The second-order valence-electron chi connectivity index (χ2n) is 5.95. The van der Waals surface area contributed by atoms with E-state index < -0.39 is 12.1 Å². The number of hydrogen-bond donors (Lipinski definition) is 2. The Kier molecular flexibility index (Phi) is 6.42. The van der Waals surface area contributed by atoms with Crippen LogP contribution >= 0.6 is 11.6 Å². The standard InChI is InChI=1S/C17H23ClN2O3/c1-12(17(23)20-9-3-2-4-10-20)19-16(22)11-15(21)13-5-7-14(18)8-6-13/h5-8,12,15,21H,2-4,9-11H2,1H3,(H,19,22)/t12-,15?/m0/s1. The molecule has 0 aromatic heterocycles. The van der Waals surface area contributed by atoms with Crippen molar-refractivity contribution in [1.29, 1.82) is 0 Å². The third-order valence-corrected chi connectivity index (χ3v) is 4.30. The van der Waals surface area contributed by atoms with Crippen LogP contribution in [0.2, 0.25) is 5.02 Å². The third kappa shape index (κ3) is 5.22. The number of nitrogens with one attached hydrogen (secondary N) is 1. The second kappa shape index (κ2) is 8.31. The Bertz CT molecular complexity index is 541. The molecule has 0 radical (unpaired) electrons. The molecule has 0 aliphatic carbocycles. The molecule has 1 unspecified atom stereocenters. The van der Waals surface area contributed by atoms with E-state index in [2.05, 4.69) is 5.32 Å². The first-order valence-electron chi connectivity index (χ1n) is 7.99. The summed E-state index contributed by atoms with van der Waals surface area (Å²) in [6, 6.07) is 6.13. The maximum atomic E-state index is 12.3. The number of rotatable bonds is 5. The quantitative estimate of drug-likeness (QED) is 0.865. The summed E-state index contributed by atoms with van der Waals surface area (Å²) in [5, 5.41) is 13.3. The predicted octanol–water partition coefficient (Wildman–Crippen LogP) is 2.28. The molecule has 0 saturated carbocycles. The fraction of sp³-hybridized carbons (Fsp3) is 0.529. The fourth-order valence-corrected chi connectivity index (χ4v) is 2.85. The molecular formula is C17H23ClN2O3. The van der Waals surface area contributed by atoms with E-state index in [1.165, 1.54) is 0 Å². The Labute approximate surface area is 141 Å². The highest BCUT2D eigenvalue weighted by molar-refractivity contribution is 6.30. The molecule has 2 amide bonds. The van der Waals surface area contributed by atoms with Crippen LogP contribution in [0.3, 0.4) is 0 Å². The number of hydrogen-bond acceptors (Lipinski definition) is 3. The molecule has 6 heteroatoms. The Hall–Kier alpha value is -1.59. The Balaban J connectivity index is 1.83. The number of aliphatic hydroxyl groups is 1. The van der Waals surface area contributed by atoms with Crippen molar-refractivity contribution in [3.05, 3.63) is 34.9 Å². The van der Waals surface area contributed by atoms with Crippen molar-refractivity contribution in [1.82, 2.24) is 10.2 Å². The van der Waals surface area contributed by atoms with E-state index in [1.807, 2.05) is 0 Å². The van der Waals surface area contributed by atoms with Gasteiger partial charge in [0.2, 0.25) is 11.8 Å². The number of likely N-dealkylation sites (tertiary alicyclic amines) is 1. The minimum atomic E-state index is -0.912. The number of amides is 2. The number of nitrogens with zero attached hydrogens (tertiary/aromatic N) is 1. The molecular weight excluding hydrogens is 316 g/mol. The van der Waals surface area contributed by atoms with Gasteiger partial charge < -0.3 is 15.3 Å². The lowest BCUT2D eigenvalue weighted by Gasteiger charge is -2.29. The summed E-state index contributed by atoms with van der Waals surface area (Å²) < 4.78 is 0. The van der Waals surface area contributed by atoms with E-state index in [4.69, 9.17) is 11.6 Å². The van der Waals surface area contributed by atoms with Crippen molar-refractivity contribution in [2.45, 2.75) is 44.8 Å². The van der Waals surface area contributed by atoms with Crippen molar-refractivity contribution >= 4 is 23.4 Å². The predicted molar refractivity (Wildman–Crippen MR) is 89.1 cm³/mol. The highest BCUT2D eigenvalue weighted by Gasteiger charge is 2.24. The van der Waals surface area contributed by atoms with Gasteiger partial charge in [0.15, 0.2) is 0 Å². The first-order chi connectivity index (χ1) is 11.0. The van der Waals surface area contributed by atoms with Crippen LogP contribution in [0.25, 0.3) is 0 Å². The average molecular weight is 339 g/mol. The third-order valence-electron chi connectivity index (χ3n) is 4.05. The van der Waals surface area contributed by atoms with Gasteiger partial charge in [0.25, 0.3) is 0 Å². The molecule has 1 aromatic rings. The lowest BCUT2D eigenvalue weighted by molar-refractivity contribution is -0.137. The molecule has 2 N–H and O–H groups in total. The topological polar surface area (TPSA) is 69.6 Å². The number of carbonyl (C=O) groups is 2. The molecule has 2 atom stereocenters. The largest absolute Gasteiger partial charge is 0.388 e. The van der Waals surface area contributed by atoms with Gasteiger partial charge in [-0.15, -0.1) is 0 Å². The molecule has 2 rings (SSSR count).